The highest BCUT2D eigenvalue weighted by Crippen LogP contribution is 2.30. The maximum absolute atomic E-state index is 12.4. The summed E-state index contributed by atoms with van der Waals surface area (Å²) in [5, 5.41) is 12.1. The minimum Gasteiger partial charge on any atom is -0.359 e. The largest absolute Gasteiger partial charge is 0.359 e. The number of benzene rings is 2. The van der Waals surface area contributed by atoms with Gasteiger partial charge in [-0.15, -0.1) is 0 Å². The molecule has 0 aromatic heterocycles. The summed E-state index contributed by atoms with van der Waals surface area (Å²) in [4.78, 5) is 14.6. The summed E-state index contributed by atoms with van der Waals surface area (Å²) in [6, 6.07) is 15.4. The van der Waals surface area contributed by atoms with Crippen molar-refractivity contribution >= 4 is 28.9 Å². The van der Waals surface area contributed by atoms with Crippen LogP contribution >= 0.6 is 11.6 Å². The molecule has 4 nitrogen and oxygen atoms in total. The molecular formula is C19H18ClN3O. The van der Waals surface area contributed by atoms with Crippen molar-refractivity contribution in [2.75, 3.05) is 16.8 Å². The van der Waals surface area contributed by atoms with E-state index in [9.17, 15) is 4.79 Å². The molecule has 0 radical (unpaired) electrons. The number of carbonyl (C=O) groups is 1. The van der Waals surface area contributed by atoms with E-state index in [1.54, 1.807) is 18.2 Å². The Morgan fingerprint density at radius 3 is 2.92 bits per heavy atom. The summed E-state index contributed by atoms with van der Waals surface area (Å²) in [6.45, 7) is 2.43. The molecule has 0 bridgehead atoms. The number of amides is 1. The smallest absolute Gasteiger partial charge is 0.243 e. The molecule has 0 aliphatic carbocycles. The van der Waals surface area contributed by atoms with Crippen LogP contribution in [-0.2, 0) is 11.2 Å². The molecule has 122 valence electrons. The number of halogens is 1. The fraction of sp³-hybridized carbons (Fsp3) is 0.263. The molecule has 1 N–H and O–H groups in total. The standard InChI is InChI=1S/C19H18ClN3O/c1-13-6-7-14-4-2-3-5-18(14)23(13)12-19(24)22-16-9-8-15(11-21)17(20)10-16/h2-5,8-10,13H,6-7,12H2,1H3,(H,22,24). The SMILES string of the molecule is CC1CCc2ccccc2N1CC(=O)Nc1ccc(C#N)c(Cl)c1. The third-order valence-corrected chi connectivity index (χ3v) is 4.66. The van der Waals surface area contributed by atoms with Crippen LogP contribution in [0.3, 0.4) is 0 Å². The number of fused-ring (bicyclic) bond motifs is 1. The molecule has 0 fully saturated rings. The third-order valence-electron chi connectivity index (χ3n) is 4.35. The van der Waals surface area contributed by atoms with Gasteiger partial charge in [-0.05, 0) is 49.6 Å². The second-order valence-corrected chi connectivity index (χ2v) is 6.41. The Hall–Kier alpha value is -2.51. The highest BCUT2D eigenvalue weighted by atomic mass is 35.5. The minimum atomic E-state index is -0.0978. The van der Waals surface area contributed by atoms with E-state index in [2.05, 4.69) is 29.3 Å². The topological polar surface area (TPSA) is 56.1 Å². The summed E-state index contributed by atoms with van der Waals surface area (Å²) in [7, 11) is 0. The lowest BCUT2D eigenvalue weighted by atomic mass is 9.96. The minimum absolute atomic E-state index is 0.0978. The second-order valence-electron chi connectivity index (χ2n) is 6.00. The van der Waals surface area contributed by atoms with Crippen molar-refractivity contribution in [3.8, 4) is 6.07 Å². The third kappa shape index (κ3) is 3.37. The van der Waals surface area contributed by atoms with Gasteiger partial charge < -0.3 is 10.2 Å². The lowest BCUT2D eigenvalue weighted by Gasteiger charge is -2.36. The van der Waals surface area contributed by atoms with Gasteiger partial charge in [0, 0.05) is 17.4 Å². The number of aryl methyl sites for hydroxylation is 1. The first-order valence-corrected chi connectivity index (χ1v) is 8.30. The second kappa shape index (κ2) is 6.94. The van der Waals surface area contributed by atoms with Crippen LogP contribution < -0.4 is 10.2 Å². The van der Waals surface area contributed by atoms with E-state index in [-0.39, 0.29) is 12.5 Å². The number of hydrogen-bond donors (Lipinski definition) is 1. The van der Waals surface area contributed by atoms with Gasteiger partial charge in [0.05, 0.1) is 17.1 Å². The van der Waals surface area contributed by atoms with Crippen LogP contribution in [0.2, 0.25) is 5.02 Å². The van der Waals surface area contributed by atoms with E-state index in [1.165, 1.54) is 5.56 Å². The van der Waals surface area contributed by atoms with Crippen LogP contribution in [0.4, 0.5) is 11.4 Å². The van der Waals surface area contributed by atoms with Crippen molar-refractivity contribution < 1.29 is 4.79 Å². The molecule has 1 heterocycles. The number of anilines is 2. The molecule has 1 amide bonds. The van der Waals surface area contributed by atoms with Crippen molar-refractivity contribution in [2.45, 2.75) is 25.8 Å². The molecule has 1 aliphatic heterocycles. The van der Waals surface area contributed by atoms with Gasteiger partial charge in [0.2, 0.25) is 5.91 Å². The van der Waals surface area contributed by atoms with Crippen LogP contribution in [-0.4, -0.2) is 18.5 Å². The Balaban J connectivity index is 1.73. The van der Waals surface area contributed by atoms with Gasteiger partial charge in [-0.1, -0.05) is 29.8 Å². The summed E-state index contributed by atoms with van der Waals surface area (Å²) < 4.78 is 0. The number of rotatable bonds is 3. The Morgan fingerprint density at radius 2 is 2.17 bits per heavy atom. The average Bonchev–Trinajstić information content (AvgIpc) is 2.58. The highest BCUT2D eigenvalue weighted by molar-refractivity contribution is 6.32. The Labute approximate surface area is 146 Å². The number of para-hydroxylation sites is 1. The molecule has 24 heavy (non-hydrogen) atoms. The van der Waals surface area contributed by atoms with E-state index in [1.807, 2.05) is 18.2 Å². The van der Waals surface area contributed by atoms with Crippen LogP contribution in [0, 0.1) is 11.3 Å². The normalized spacial score (nSPS) is 16.2. The zero-order chi connectivity index (χ0) is 17.1. The van der Waals surface area contributed by atoms with Gasteiger partial charge >= 0.3 is 0 Å². The van der Waals surface area contributed by atoms with E-state index in [4.69, 9.17) is 16.9 Å². The molecule has 0 saturated carbocycles. The summed E-state index contributed by atoms with van der Waals surface area (Å²) >= 11 is 6.01. The number of nitrogens with zero attached hydrogens (tertiary/aromatic N) is 2. The first-order valence-electron chi connectivity index (χ1n) is 7.92. The summed E-state index contributed by atoms with van der Waals surface area (Å²) in [5.74, 6) is -0.0978. The molecule has 1 unspecified atom stereocenters. The Bertz CT molecular complexity index is 812. The van der Waals surface area contributed by atoms with Gasteiger partial charge in [0.15, 0.2) is 0 Å². The van der Waals surface area contributed by atoms with Crippen LogP contribution in [0.1, 0.15) is 24.5 Å². The average molecular weight is 340 g/mol. The lowest BCUT2D eigenvalue weighted by Crippen LogP contribution is -2.42. The molecule has 3 rings (SSSR count). The Kier molecular flexibility index (Phi) is 4.73. The number of hydrogen-bond acceptors (Lipinski definition) is 3. The van der Waals surface area contributed by atoms with Gasteiger partial charge in [0.25, 0.3) is 0 Å². The predicted octanol–water partition coefficient (Wildman–Crippen LogP) is 3.99. The van der Waals surface area contributed by atoms with Crippen molar-refractivity contribution in [1.29, 1.82) is 5.26 Å². The van der Waals surface area contributed by atoms with Gasteiger partial charge in [-0.2, -0.15) is 5.26 Å². The van der Waals surface area contributed by atoms with E-state index < -0.39 is 0 Å². The zero-order valence-corrected chi connectivity index (χ0v) is 14.2. The fourth-order valence-corrected chi connectivity index (χ4v) is 3.26. The number of nitriles is 1. The molecule has 2 aromatic carbocycles. The molecule has 5 heteroatoms. The Morgan fingerprint density at radius 1 is 1.38 bits per heavy atom. The fourth-order valence-electron chi connectivity index (χ4n) is 3.04. The quantitative estimate of drug-likeness (QED) is 0.919. The molecule has 0 saturated heterocycles. The predicted molar refractivity (Wildman–Crippen MR) is 96.4 cm³/mol. The van der Waals surface area contributed by atoms with Crippen molar-refractivity contribution in [2.24, 2.45) is 0 Å². The van der Waals surface area contributed by atoms with Crippen molar-refractivity contribution in [3.63, 3.8) is 0 Å². The van der Waals surface area contributed by atoms with Gasteiger partial charge in [-0.25, -0.2) is 0 Å². The summed E-state index contributed by atoms with van der Waals surface area (Å²) in [5.41, 5.74) is 3.41. The summed E-state index contributed by atoms with van der Waals surface area (Å²) in [6.07, 6.45) is 2.08. The first kappa shape index (κ1) is 16.4. The number of carbonyl (C=O) groups excluding carboxylic acids is 1. The van der Waals surface area contributed by atoms with Crippen molar-refractivity contribution in [3.05, 3.63) is 58.6 Å². The highest BCUT2D eigenvalue weighted by Gasteiger charge is 2.24. The molecule has 1 aliphatic rings. The van der Waals surface area contributed by atoms with E-state index in [0.717, 1.165) is 18.5 Å². The van der Waals surface area contributed by atoms with Gasteiger partial charge in [-0.3, -0.25) is 4.79 Å². The number of nitrogens with one attached hydrogen (secondary N) is 1. The van der Waals surface area contributed by atoms with Crippen LogP contribution in [0.5, 0.6) is 0 Å². The van der Waals surface area contributed by atoms with Crippen LogP contribution in [0.25, 0.3) is 0 Å². The van der Waals surface area contributed by atoms with Gasteiger partial charge in [0.1, 0.15) is 6.07 Å². The maximum atomic E-state index is 12.4. The molecule has 1 atom stereocenters. The molecule has 2 aromatic rings. The van der Waals surface area contributed by atoms with Crippen molar-refractivity contribution in [1.82, 2.24) is 0 Å². The monoisotopic (exact) mass is 339 g/mol. The van der Waals surface area contributed by atoms with Crippen LogP contribution in [0.15, 0.2) is 42.5 Å². The first-order chi connectivity index (χ1) is 11.6. The van der Waals surface area contributed by atoms with E-state index >= 15 is 0 Å². The molecule has 0 spiro atoms. The lowest BCUT2D eigenvalue weighted by molar-refractivity contribution is -0.115. The zero-order valence-electron chi connectivity index (χ0n) is 13.4. The maximum Gasteiger partial charge on any atom is 0.243 e. The molecular weight excluding hydrogens is 322 g/mol. The van der Waals surface area contributed by atoms with E-state index in [0.29, 0.717) is 22.3 Å².